The molecule has 1 aromatic carbocycles. The fourth-order valence-electron chi connectivity index (χ4n) is 2.54. The topological polar surface area (TPSA) is 58.6 Å². The van der Waals surface area contributed by atoms with Crippen molar-refractivity contribution in [2.75, 3.05) is 19.7 Å². The molecule has 22 heavy (non-hydrogen) atoms. The van der Waals surface area contributed by atoms with Crippen LogP contribution in [0.15, 0.2) is 30.3 Å². The van der Waals surface area contributed by atoms with Crippen LogP contribution in [0.1, 0.15) is 26.7 Å². The number of nitrogens with one attached hydrogen (secondary N) is 1. The molecule has 0 unspecified atom stereocenters. The SMILES string of the molecule is CC(C)C(=O)N1CCC(NC(=O)COc2ccccc2)CC1. The lowest BCUT2D eigenvalue weighted by atomic mass is 10.0. The van der Waals surface area contributed by atoms with E-state index in [0.717, 1.165) is 12.8 Å². The van der Waals surface area contributed by atoms with Gasteiger partial charge in [-0.3, -0.25) is 9.59 Å². The summed E-state index contributed by atoms with van der Waals surface area (Å²) in [6.45, 7) is 5.27. The Balaban J connectivity index is 1.69. The van der Waals surface area contributed by atoms with Crippen LogP contribution < -0.4 is 10.1 Å². The van der Waals surface area contributed by atoms with Gasteiger partial charge in [-0.05, 0) is 25.0 Å². The van der Waals surface area contributed by atoms with Crippen molar-refractivity contribution in [1.82, 2.24) is 10.2 Å². The van der Waals surface area contributed by atoms with Crippen LogP contribution in [-0.4, -0.2) is 42.5 Å². The molecule has 0 aromatic heterocycles. The van der Waals surface area contributed by atoms with Gasteiger partial charge in [0.1, 0.15) is 5.75 Å². The summed E-state index contributed by atoms with van der Waals surface area (Å²) in [6, 6.07) is 9.41. The van der Waals surface area contributed by atoms with Crippen LogP contribution in [0.25, 0.3) is 0 Å². The molecule has 1 aromatic rings. The molecule has 1 N–H and O–H groups in total. The molecule has 5 heteroatoms. The molecule has 2 amide bonds. The van der Waals surface area contributed by atoms with Crippen molar-refractivity contribution in [2.24, 2.45) is 5.92 Å². The van der Waals surface area contributed by atoms with Gasteiger partial charge in [-0.15, -0.1) is 0 Å². The summed E-state index contributed by atoms with van der Waals surface area (Å²) < 4.78 is 5.42. The number of benzene rings is 1. The molecule has 1 aliphatic heterocycles. The Morgan fingerprint density at radius 1 is 1.23 bits per heavy atom. The maximum Gasteiger partial charge on any atom is 0.258 e. The summed E-state index contributed by atoms with van der Waals surface area (Å²) in [7, 11) is 0. The molecule has 1 heterocycles. The van der Waals surface area contributed by atoms with Crippen LogP contribution in [0.2, 0.25) is 0 Å². The number of hydrogen-bond donors (Lipinski definition) is 1. The number of amides is 2. The van der Waals surface area contributed by atoms with Crippen LogP contribution in [0.4, 0.5) is 0 Å². The normalized spacial score (nSPS) is 15.7. The molecule has 1 saturated heterocycles. The molecule has 0 bridgehead atoms. The first-order valence-corrected chi connectivity index (χ1v) is 7.82. The smallest absolute Gasteiger partial charge is 0.258 e. The number of carbonyl (C=O) groups is 2. The molecule has 0 spiro atoms. The highest BCUT2D eigenvalue weighted by molar-refractivity contribution is 5.79. The average molecular weight is 304 g/mol. The van der Waals surface area contributed by atoms with E-state index in [9.17, 15) is 9.59 Å². The largest absolute Gasteiger partial charge is 0.484 e. The molecule has 0 aliphatic carbocycles. The van der Waals surface area contributed by atoms with Gasteiger partial charge in [-0.25, -0.2) is 0 Å². The molecule has 1 fully saturated rings. The van der Waals surface area contributed by atoms with E-state index in [0.29, 0.717) is 18.8 Å². The lowest BCUT2D eigenvalue weighted by Crippen LogP contribution is -2.48. The highest BCUT2D eigenvalue weighted by atomic mass is 16.5. The van der Waals surface area contributed by atoms with E-state index >= 15 is 0 Å². The predicted octanol–water partition coefficient (Wildman–Crippen LogP) is 1.83. The van der Waals surface area contributed by atoms with Gasteiger partial charge in [0.25, 0.3) is 5.91 Å². The zero-order valence-electron chi connectivity index (χ0n) is 13.2. The number of nitrogens with zero attached hydrogens (tertiary/aromatic N) is 1. The molecule has 120 valence electrons. The van der Waals surface area contributed by atoms with Gasteiger partial charge < -0.3 is 15.0 Å². The second-order valence-corrected chi connectivity index (χ2v) is 5.92. The minimum atomic E-state index is -0.113. The number of carbonyl (C=O) groups excluding carboxylic acids is 2. The predicted molar refractivity (Wildman–Crippen MR) is 84.5 cm³/mol. The molecule has 0 radical (unpaired) electrons. The third kappa shape index (κ3) is 4.76. The van der Waals surface area contributed by atoms with Gasteiger partial charge in [0.2, 0.25) is 5.91 Å². The minimum absolute atomic E-state index is 0.0230. The highest BCUT2D eigenvalue weighted by Crippen LogP contribution is 2.13. The van der Waals surface area contributed by atoms with Crippen LogP contribution in [-0.2, 0) is 9.59 Å². The quantitative estimate of drug-likeness (QED) is 0.903. The first kappa shape index (κ1) is 16.3. The zero-order valence-corrected chi connectivity index (χ0v) is 13.2. The van der Waals surface area contributed by atoms with Crippen molar-refractivity contribution in [1.29, 1.82) is 0 Å². The van der Waals surface area contributed by atoms with Crippen LogP contribution in [0, 0.1) is 5.92 Å². The summed E-state index contributed by atoms with van der Waals surface area (Å²) in [6.07, 6.45) is 1.60. The second kappa shape index (κ2) is 7.82. The Labute approximate surface area is 131 Å². The van der Waals surface area contributed by atoms with Gasteiger partial charge >= 0.3 is 0 Å². The molecular formula is C17H24N2O3. The van der Waals surface area contributed by atoms with Crippen LogP contribution >= 0.6 is 0 Å². The van der Waals surface area contributed by atoms with Crippen molar-refractivity contribution in [3.05, 3.63) is 30.3 Å². The monoisotopic (exact) mass is 304 g/mol. The Kier molecular flexibility index (Phi) is 5.81. The lowest BCUT2D eigenvalue weighted by Gasteiger charge is -2.33. The number of likely N-dealkylation sites (tertiary alicyclic amines) is 1. The van der Waals surface area contributed by atoms with E-state index in [4.69, 9.17) is 4.74 Å². The van der Waals surface area contributed by atoms with E-state index in [1.165, 1.54) is 0 Å². The van der Waals surface area contributed by atoms with E-state index in [2.05, 4.69) is 5.32 Å². The standard InChI is InChI=1S/C17H24N2O3/c1-13(2)17(21)19-10-8-14(9-11-19)18-16(20)12-22-15-6-4-3-5-7-15/h3-7,13-14H,8-12H2,1-2H3,(H,18,20). The van der Waals surface area contributed by atoms with Gasteiger partial charge in [0.05, 0.1) is 0 Å². The van der Waals surface area contributed by atoms with Gasteiger partial charge in [0.15, 0.2) is 6.61 Å². The maximum atomic E-state index is 11.9. The fourth-order valence-corrected chi connectivity index (χ4v) is 2.54. The number of ether oxygens (including phenoxy) is 1. The van der Waals surface area contributed by atoms with Gasteiger partial charge in [-0.2, -0.15) is 0 Å². The first-order valence-electron chi connectivity index (χ1n) is 7.82. The fraction of sp³-hybridized carbons (Fsp3) is 0.529. The average Bonchev–Trinajstić information content (AvgIpc) is 2.54. The molecule has 5 nitrogen and oxygen atoms in total. The highest BCUT2D eigenvalue weighted by Gasteiger charge is 2.25. The third-order valence-corrected chi connectivity index (χ3v) is 3.78. The summed E-state index contributed by atoms with van der Waals surface area (Å²) in [5.41, 5.74) is 0. The maximum absolute atomic E-state index is 11.9. The lowest BCUT2D eigenvalue weighted by molar-refractivity contribution is -0.135. The summed E-state index contributed by atoms with van der Waals surface area (Å²) in [5.74, 6) is 0.801. The number of piperidine rings is 1. The Hall–Kier alpha value is -2.04. The summed E-state index contributed by atoms with van der Waals surface area (Å²) >= 11 is 0. The molecule has 1 aliphatic rings. The van der Waals surface area contributed by atoms with Crippen molar-refractivity contribution in [3.8, 4) is 5.75 Å². The molecular weight excluding hydrogens is 280 g/mol. The van der Waals surface area contributed by atoms with E-state index in [1.54, 1.807) is 0 Å². The van der Waals surface area contributed by atoms with Gasteiger partial charge in [0, 0.05) is 25.0 Å². The summed E-state index contributed by atoms with van der Waals surface area (Å²) in [4.78, 5) is 25.7. The molecule has 0 saturated carbocycles. The van der Waals surface area contributed by atoms with Crippen molar-refractivity contribution >= 4 is 11.8 Å². The Bertz CT molecular complexity index is 494. The van der Waals surface area contributed by atoms with Crippen molar-refractivity contribution in [3.63, 3.8) is 0 Å². The van der Waals surface area contributed by atoms with Crippen molar-refractivity contribution < 1.29 is 14.3 Å². The first-order chi connectivity index (χ1) is 10.6. The Morgan fingerprint density at radius 3 is 2.45 bits per heavy atom. The third-order valence-electron chi connectivity index (χ3n) is 3.78. The number of hydrogen-bond acceptors (Lipinski definition) is 3. The minimum Gasteiger partial charge on any atom is -0.484 e. The van der Waals surface area contributed by atoms with Crippen molar-refractivity contribution in [2.45, 2.75) is 32.7 Å². The van der Waals surface area contributed by atoms with E-state index in [-0.39, 0.29) is 30.4 Å². The second-order valence-electron chi connectivity index (χ2n) is 5.92. The van der Waals surface area contributed by atoms with E-state index < -0.39 is 0 Å². The number of para-hydroxylation sites is 1. The van der Waals surface area contributed by atoms with E-state index in [1.807, 2.05) is 49.1 Å². The number of rotatable bonds is 5. The van der Waals surface area contributed by atoms with Crippen LogP contribution in [0.3, 0.4) is 0 Å². The van der Waals surface area contributed by atoms with Gasteiger partial charge in [-0.1, -0.05) is 32.0 Å². The zero-order chi connectivity index (χ0) is 15.9. The molecule has 2 rings (SSSR count). The molecule has 0 atom stereocenters. The van der Waals surface area contributed by atoms with Crippen LogP contribution in [0.5, 0.6) is 5.75 Å². The Morgan fingerprint density at radius 2 is 1.86 bits per heavy atom. The summed E-state index contributed by atoms with van der Waals surface area (Å²) in [5, 5.41) is 2.98.